The number of nitrogens with one attached hydrogen (secondary N) is 2. The first-order valence-corrected chi connectivity index (χ1v) is 10.4. The Morgan fingerprint density at radius 2 is 1.77 bits per heavy atom. The highest BCUT2D eigenvalue weighted by atomic mass is 32.1. The summed E-state index contributed by atoms with van der Waals surface area (Å²) in [5.74, 6) is 1.75. The van der Waals surface area contributed by atoms with Gasteiger partial charge in [0.25, 0.3) is 5.91 Å². The third-order valence-corrected chi connectivity index (χ3v) is 5.50. The Morgan fingerprint density at radius 3 is 2.55 bits per heavy atom. The van der Waals surface area contributed by atoms with Crippen molar-refractivity contribution in [3.05, 3.63) is 83.9 Å². The van der Waals surface area contributed by atoms with Crippen molar-refractivity contribution in [2.24, 2.45) is 0 Å². The summed E-state index contributed by atoms with van der Waals surface area (Å²) in [5.41, 5.74) is 2.35. The molecule has 5 rings (SSSR count). The van der Waals surface area contributed by atoms with E-state index < -0.39 is 0 Å². The highest BCUT2D eigenvalue weighted by Gasteiger charge is 2.12. The number of hydrogen-bond acceptors (Lipinski definition) is 7. The quantitative estimate of drug-likeness (QED) is 0.426. The molecular formula is C22H17N7OS. The van der Waals surface area contributed by atoms with Gasteiger partial charge in [0, 0.05) is 29.8 Å². The van der Waals surface area contributed by atoms with Gasteiger partial charge in [0.15, 0.2) is 10.8 Å². The number of anilines is 3. The molecule has 0 fully saturated rings. The van der Waals surface area contributed by atoms with Crippen molar-refractivity contribution in [3.63, 3.8) is 0 Å². The van der Waals surface area contributed by atoms with E-state index in [0.29, 0.717) is 28.2 Å². The van der Waals surface area contributed by atoms with E-state index >= 15 is 0 Å². The van der Waals surface area contributed by atoms with Crippen molar-refractivity contribution in [1.29, 1.82) is 0 Å². The summed E-state index contributed by atoms with van der Waals surface area (Å²) in [6.45, 7) is 1.83. The molecule has 31 heavy (non-hydrogen) atoms. The van der Waals surface area contributed by atoms with Crippen LogP contribution in [0.4, 0.5) is 17.2 Å². The monoisotopic (exact) mass is 427 g/mol. The highest BCUT2D eigenvalue weighted by molar-refractivity contribution is 7.20. The summed E-state index contributed by atoms with van der Waals surface area (Å²) >= 11 is 1.37. The lowest BCUT2D eigenvalue weighted by Gasteiger charge is -2.10. The van der Waals surface area contributed by atoms with Crippen LogP contribution in [-0.2, 0) is 0 Å². The number of aryl methyl sites for hydroxylation is 1. The fraction of sp³-hybridized carbons (Fsp3) is 0.0455. The van der Waals surface area contributed by atoms with Crippen LogP contribution in [0.15, 0.2) is 73.1 Å². The number of nitrogens with zero attached hydrogens (tertiary/aromatic N) is 5. The predicted molar refractivity (Wildman–Crippen MR) is 121 cm³/mol. The Kier molecular flexibility index (Phi) is 4.85. The Morgan fingerprint density at radius 1 is 0.968 bits per heavy atom. The maximum absolute atomic E-state index is 12.5. The Labute approximate surface area is 181 Å². The van der Waals surface area contributed by atoms with Gasteiger partial charge in [0.1, 0.15) is 11.6 Å². The number of aromatic nitrogens is 5. The van der Waals surface area contributed by atoms with Crippen molar-refractivity contribution in [2.75, 3.05) is 10.6 Å². The molecule has 8 nitrogen and oxygen atoms in total. The lowest BCUT2D eigenvalue weighted by Crippen LogP contribution is -2.11. The average Bonchev–Trinajstić information content (AvgIpc) is 3.45. The maximum atomic E-state index is 12.5. The van der Waals surface area contributed by atoms with E-state index in [2.05, 4.69) is 30.7 Å². The second-order valence-corrected chi connectivity index (χ2v) is 7.78. The third-order valence-electron chi connectivity index (χ3n) is 4.47. The number of carbonyl (C=O) groups excluding carboxylic acids is 1. The van der Waals surface area contributed by atoms with Crippen molar-refractivity contribution >= 4 is 44.7 Å². The van der Waals surface area contributed by atoms with E-state index in [9.17, 15) is 4.79 Å². The van der Waals surface area contributed by atoms with Gasteiger partial charge in [-0.25, -0.2) is 19.6 Å². The van der Waals surface area contributed by atoms with Crippen LogP contribution in [0, 0.1) is 6.92 Å². The molecule has 2 N–H and O–H groups in total. The second kappa shape index (κ2) is 7.96. The molecule has 5 aromatic rings. The van der Waals surface area contributed by atoms with E-state index in [4.69, 9.17) is 0 Å². The smallest absolute Gasteiger partial charge is 0.284 e. The molecular weight excluding hydrogens is 410 g/mol. The van der Waals surface area contributed by atoms with Crippen molar-refractivity contribution in [3.8, 4) is 5.82 Å². The second-order valence-electron chi connectivity index (χ2n) is 6.75. The number of thiazole rings is 1. The van der Waals surface area contributed by atoms with Gasteiger partial charge in [-0.3, -0.25) is 4.79 Å². The molecule has 0 aliphatic carbocycles. The van der Waals surface area contributed by atoms with Gasteiger partial charge < -0.3 is 10.6 Å². The SMILES string of the molecule is Cc1nc(Nc2ccc(NC(=O)c3nc4ccccc4s3)cc2)cc(-n2cccn2)n1. The van der Waals surface area contributed by atoms with E-state index in [0.717, 1.165) is 15.9 Å². The molecule has 9 heteroatoms. The first-order chi connectivity index (χ1) is 15.1. The van der Waals surface area contributed by atoms with Crippen LogP contribution >= 0.6 is 11.3 Å². The Hall–Kier alpha value is -4.11. The summed E-state index contributed by atoms with van der Waals surface area (Å²) in [5, 5.41) is 10.8. The standard InChI is InChI=1S/C22H17N7OS/c1-14-24-19(13-20(25-14)29-12-4-11-23-29)26-15-7-9-16(10-8-15)27-21(30)22-28-17-5-2-3-6-18(17)31-22/h2-13H,1H3,(H,27,30)(H,24,25,26). The van der Waals surface area contributed by atoms with Crippen LogP contribution in [0.2, 0.25) is 0 Å². The third kappa shape index (κ3) is 4.12. The zero-order valence-electron chi connectivity index (χ0n) is 16.5. The number of amides is 1. The highest BCUT2D eigenvalue weighted by Crippen LogP contribution is 2.23. The van der Waals surface area contributed by atoms with E-state index in [1.807, 2.05) is 73.8 Å². The topological polar surface area (TPSA) is 97.6 Å². The van der Waals surface area contributed by atoms with Crippen LogP contribution in [0.5, 0.6) is 0 Å². The first-order valence-electron chi connectivity index (χ1n) is 9.54. The fourth-order valence-corrected chi connectivity index (χ4v) is 3.94. The minimum absolute atomic E-state index is 0.225. The van der Waals surface area contributed by atoms with Crippen molar-refractivity contribution < 1.29 is 4.79 Å². The van der Waals surface area contributed by atoms with Gasteiger partial charge in [0.2, 0.25) is 0 Å². The molecule has 0 bridgehead atoms. The van der Waals surface area contributed by atoms with Gasteiger partial charge in [-0.05, 0) is 49.4 Å². The summed E-state index contributed by atoms with van der Waals surface area (Å²) in [6, 6.07) is 18.8. The minimum atomic E-state index is -0.225. The van der Waals surface area contributed by atoms with Crippen LogP contribution < -0.4 is 10.6 Å². The molecule has 0 unspecified atom stereocenters. The summed E-state index contributed by atoms with van der Waals surface area (Å²) in [7, 11) is 0. The Bertz CT molecular complexity index is 1330. The molecule has 3 aromatic heterocycles. The molecule has 0 spiro atoms. The predicted octanol–water partition coefficient (Wildman–Crippen LogP) is 4.58. The molecule has 0 saturated carbocycles. The van der Waals surface area contributed by atoms with Crippen LogP contribution in [0.1, 0.15) is 15.6 Å². The first kappa shape index (κ1) is 18.9. The normalized spacial score (nSPS) is 10.9. The van der Waals surface area contributed by atoms with Crippen molar-refractivity contribution in [1.82, 2.24) is 24.7 Å². The molecule has 3 heterocycles. The molecule has 0 saturated heterocycles. The molecule has 1 amide bonds. The molecule has 0 aliphatic rings. The van der Waals surface area contributed by atoms with Gasteiger partial charge in [-0.15, -0.1) is 11.3 Å². The largest absolute Gasteiger partial charge is 0.340 e. The summed E-state index contributed by atoms with van der Waals surface area (Å²) in [6.07, 6.45) is 3.53. The zero-order valence-corrected chi connectivity index (χ0v) is 17.3. The molecule has 0 aliphatic heterocycles. The number of fused-ring (bicyclic) bond motifs is 1. The fourth-order valence-electron chi connectivity index (χ4n) is 3.08. The molecule has 152 valence electrons. The van der Waals surface area contributed by atoms with E-state index in [-0.39, 0.29) is 5.91 Å². The van der Waals surface area contributed by atoms with Gasteiger partial charge in [-0.2, -0.15) is 5.10 Å². The summed E-state index contributed by atoms with van der Waals surface area (Å²) < 4.78 is 2.67. The van der Waals surface area contributed by atoms with E-state index in [1.165, 1.54) is 11.3 Å². The number of carbonyl (C=O) groups is 1. The number of para-hydroxylation sites is 1. The van der Waals surface area contributed by atoms with Gasteiger partial charge in [-0.1, -0.05) is 12.1 Å². The zero-order chi connectivity index (χ0) is 21.2. The lowest BCUT2D eigenvalue weighted by molar-refractivity contribution is 0.102. The molecule has 0 atom stereocenters. The lowest BCUT2D eigenvalue weighted by atomic mass is 10.2. The maximum Gasteiger partial charge on any atom is 0.284 e. The average molecular weight is 427 g/mol. The van der Waals surface area contributed by atoms with Crippen molar-refractivity contribution in [2.45, 2.75) is 6.92 Å². The number of hydrogen-bond donors (Lipinski definition) is 2. The Balaban J connectivity index is 1.29. The number of benzene rings is 2. The van der Waals surface area contributed by atoms with Crippen LogP contribution in [0.3, 0.4) is 0 Å². The van der Waals surface area contributed by atoms with Gasteiger partial charge >= 0.3 is 0 Å². The minimum Gasteiger partial charge on any atom is -0.340 e. The van der Waals surface area contributed by atoms with Gasteiger partial charge in [0.05, 0.1) is 10.2 Å². The molecule has 2 aromatic carbocycles. The molecule has 0 radical (unpaired) electrons. The van der Waals surface area contributed by atoms with E-state index in [1.54, 1.807) is 10.9 Å². The summed E-state index contributed by atoms with van der Waals surface area (Å²) in [4.78, 5) is 25.8. The number of rotatable bonds is 5. The van der Waals surface area contributed by atoms with Crippen LogP contribution in [0.25, 0.3) is 16.0 Å². The van der Waals surface area contributed by atoms with Crippen LogP contribution in [-0.4, -0.2) is 30.6 Å².